The molecule has 1 heteroatoms. The summed E-state index contributed by atoms with van der Waals surface area (Å²) in [6.45, 7) is 0. The van der Waals surface area contributed by atoms with Gasteiger partial charge in [0.1, 0.15) is 0 Å². The molecule has 0 atom stereocenters. The highest BCUT2D eigenvalue weighted by Crippen LogP contribution is 2.48. The van der Waals surface area contributed by atoms with Gasteiger partial charge in [-0.15, -0.1) is 0 Å². The molecule has 12 aromatic carbocycles. The van der Waals surface area contributed by atoms with Crippen molar-refractivity contribution < 1.29 is 0 Å². The maximum Gasteiger partial charge on any atom is 0.0540 e. The van der Waals surface area contributed by atoms with Gasteiger partial charge >= 0.3 is 0 Å². The van der Waals surface area contributed by atoms with Crippen LogP contribution in [0.4, 0.5) is 17.1 Å². The van der Waals surface area contributed by atoms with Gasteiger partial charge in [0.15, 0.2) is 0 Å². The molecule has 63 heavy (non-hydrogen) atoms. The van der Waals surface area contributed by atoms with Gasteiger partial charge in [-0.3, -0.25) is 0 Å². The summed E-state index contributed by atoms with van der Waals surface area (Å²) in [7, 11) is 0. The van der Waals surface area contributed by atoms with E-state index in [1.54, 1.807) is 0 Å². The predicted octanol–water partition coefficient (Wildman–Crippen LogP) is 17.6. The average Bonchev–Trinajstić information content (AvgIpc) is 3.37. The molecule has 0 radical (unpaired) electrons. The molecule has 1 nitrogen and oxygen atoms in total. The van der Waals surface area contributed by atoms with Crippen LogP contribution in [0.15, 0.2) is 249 Å². The van der Waals surface area contributed by atoms with Crippen molar-refractivity contribution in [2.45, 2.75) is 0 Å². The maximum absolute atomic E-state index is 2.46. The highest BCUT2D eigenvalue weighted by atomic mass is 15.1. The van der Waals surface area contributed by atoms with E-state index in [4.69, 9.17) is 0 Å². The van der Waals surface area contributed by atoms with Gasteiger partial charge in [0.25, 0.3) is 0 Å². The van der Waals surface area contributed by atoms with Crippen molar-refractivity contribution in [2.24, 2.45) is 0 Å². The topological polar surface area (TPSA) is 3.24 Å². The third kappa shape index (κ3) is 6.25. The Kier molecular flexibility index (Phi) is 8.90. The van der Waals surface area contributed by atoms with Gasteiger partial charge < -0.3 is 4.90 Å². The van der Waals surface area contributed by atoms with Gasteiger partial charge in [-0.1, -0.05) is 218 Å². The first-order valence-electron chi connectivity index (χ1n) is 21.8. The van der Waals surface area contributed by atoms with Crippen LogP contribution < -0.4 is 4.90 Å². The molecule has 0 bridgehead atoms. The summed E-state index contributed by atoms with van der Waals surface area (Å²) < 4.78 is 0. The monoisotopic (exact) mass is 799 g/mol. The minimum absolute atomic E-state index is 1.10. The zero-order chi connectivity index (χ0) is 41.7. The van der Waals surface area contributed by atoms with Crippen molar-refractivity contribution in [3.63, 3.8) is 0 Å². The Morgan fingerprint density at radius 2 is 0.698 bits per heavy atom. The summed E-state index contributed by atoms with van der Waals surface area (Å²) in [4.78, 5) is 2.46. The molecule has 0 N–H and O–H groups in total. The predicted molar refractivity (Wildman–Crippen MR) is 270 cm³/mol. The third-order valence-electron chi connectivity index (χ3n) is 12.8. The van der Waals surface area contributed by atoms with Crippen LogP contribution in [0.25, 0.3) is 98.4 Å². The molecule has 0 heterocycles. The summed E-state index contributed by atoms with van der Waals surface area (Å²) in [5, 5.41) is 12.4. The Balaban J connectivity index is 1.06. The molecule has 0 fully saturated rings. The molecule has 0 amide bonds. The number of anilines is 3. The Labute approximate surface area is 367 Å². The third-order valence-corrected chi connectivity index (χ3v) is 12.8. The Morgan fingerprint density at radius 1 is 0.222 bits per heavy atom. The van der Waals surface area contributed by atoms with Crippen LogP contribution in [-0.4, -0.2) is 0 Å². The average molecular weight is 800 g/mol. The van der Waals surface area contributed by atoms with E-state index in [9.17, 15) is 0 Å². The van der Waals surface area contributed by atoms with E-state index in [2.05, 4.69) is 254 Å². The molecule has 12 rings (SSSR count). The van der Waals surface area contributed by atoms with E-state index >= 15 is 0 Å². The van der Waals surface area contributed by atoms with Crippen LogP contribution in [0.2, 0.25) is 0 Å². The Hall–Kier alpha value is -8.26. The molecule has 0 spiro atoms. The molecule has 0 saturated carbocycles. The fourth-order valence-electron chi connectivity index (χ4n) is 9.96. The van der Waals surface area contributed by atoms with E-state index in [1.165, 1.54) is 98.4 Å². The van der Waals surface area contributed by atoms with Crippen LogP contribution in [-0.2, 0) is 0 Å². The smallest absolute Gasteiger partial charge is 0.0540 e. The van der Waals surface area contributed by atoms with Gasteiger partial charge in [0.2, 0.25) is 0 Å². The van der Waals surface area contributed by atoms with E-state index in [1.807, 2.05) is 0 Å². The fraction of sp³-hybridized carbons (Fsp3) is 0. The molecule has 294 valence electrons. The lowest BCUT2D eigenvalue weighted by molar-refractivity contribution is 1.31. The van der Waals surface area contributed by atoms with Crippen molar-refractivity contribution in [2.75, 3.05) is 4.90 Å². The first-order chi connectivity index (χ1) is 31.3. The second kappa shape index (κ2) is 15.3. The summed E-state index contributed by atoms with van der Waals surface area (Å²) in [6.07, 6.45) is 0. The van der Waals surface area contributed by atoms with Crippen LogP contribution >= 0.6 is 0 Å². The second-order valence-corrected chi connectivity index (χ2v) is 16.4. The lowest BCUT2D eigenvalue weighted by atomic mass is 9.84. The van der Waals surface area contributed by atoms with Crippen LogP contribution in [0, 0.1) is 0 Å². The molecule has 0 aliphatic heterocycles. The summed E-state index contributed by atoms with van der Waals surface area (Å²) in [5.41, 5.74) is 13.1. The van der Waals surface area contributed by atoms with E-state index in [0.717, 1.165) is 17.1 Å². The standard InChI is InChI=1S/C62H41N/c1-4-17-43(18-5-1)50-39-40-60(55-27-14-12-25-51(50)55)63(59-30-16-29-52-49-24-11-10-19-44(49)33-38-56(52)59)48-35-31-42(32-36-48)47-34-37-54-53-26-13-15-28-57(53)61(45-20-6-2-7-21-45)62(58(54)41-47)46-22-8-3-9-23-46/h1-41H. The molecule has 0 aliphatic carbocycles. The number of hydrogen-bond donors (Lipinski definition) is 0. The molecule has 12 aromatic rings. The first kappa shape index (κ1) is 36.6. The lowest BCUT2D eigenvalue weighted by Gasteiger charge is -2.29. The summed E-state index contributed by atoms with van der Waals surface area (Å²) in [6, 6.07) is 91.0. The van der Waals surface area contributed by atoms with Crippen molar-refractivity contribution in [1.82, 2.24) is 0 Å². The number of rotatable bonds is 7. The van der Waals surface area contributed by atoms with Crippen molar-refractivity contribution in [3.05, 3.63) is 249 Å². The normalized spacial score (nSPS) is 11.5. The van der Waals surface area contributed by atoms with E-state index in [0.29, 0.717) is 0 Å². The minimum atomic E-state index is 1.10. The zero-order valence-corrected chi connectivity index (χ0v) is 34.6. The fourth-order valence-corrected chi connectivity index (χ4v) is 9.96. The summed E-state index contributed by atoms with van der Waals surface area (Å²) >= 11 is 0. The van der Waals surface area contributed by atoms with Gasteiger partial charge in [-0.25, -0.2) is 0 Å². The second-order valence-electron chi connectivity index (χ2n) is 16.4. The van der Waals surface area contributed by atoms with Crippen LogP contribution in [0.1, 0.15) is 0 Å². The lowest BCUT2D eigenvalue weighted by Crippen LogP contribution is -2.11. The van der Waals surface area contributed by atoms with Gasteiger partial charge in [-0.2, -0.15) is 0 Å². The van der Waals surface area contributed by atoms with Crippen LogP contribution in [0.5, 0.6) is 0 Å². The largest absolute Gasteiger partial charge is 0.309 e. The number of nitrogens with zero attached hydrogens (tertiary/aromatic N) is 1. The van der Waals surface area contributed by atoms with Gasteiger partial charge in [0.05, 0.1) is 11.4 Å². The van der Waals surface area contributed by atoms with E-state index in [-0.39, 0.29) is 0 Å². The SMILES string of the molecule is c1ccc(-c2ccc(N(c3ccc(-c4ccc5c(c4)c(-c4ccccc4)c(-c4ccccc4)c4ccccc45)cc3)c3cccc4c3ccc3ccccc34)c3ccccc23)cc1. The van der Waals surface area contributed by atoms with Crippen LogP contribution in [0.3, 0.4) is 0 Å². The quantitative estimate of drug-likeness (QED) is 0.145. The highest BCUT2D eigenvalue weighted by Gasteiger charge is 2.21. The number of fused-ring (bicyclic) bond motifs is 7. The molecular weight excluding hydrogens is 759 g/mol. The molecule has 0 unspecified atom stereocenters. The molecule has 0 aliphatic rings. The maximum atomic E-state index is 2.46. The molecular formula is C62H41N. The number of hydrogen-bond acceptors (Lipinski definition) is 1. The Morgan fingerprint density at radius 3 is 1.41 bits per heavy atom. The summed E-state index contributed by atoms with van der Waals surface area (Å²) in [5.74, 6) is 0. The Bertz CT molecular complexity index is 3650. The van der Waals surface area contributed by atoms with Gasteiger partial charge in [0, 0.05) is 16.5 Å². The minimum Gasteiger partial charge on any atom is -0.309 e. The first-order valence-corrected chi connectivity index (χ1v) is 21.8. The molecule has 0 aromatic heterocycles. The highest BCUT2D eigenvalue weighted by molar-refractivity contribution is 6.22. The number of benzene rings is 12. The van der Waals surface area contributed by atoms with E-state index < -0.39 is 0 Å². The van der Waals surface area contributed by atoms with Crippen molar-refractivity contribution >= 4 is 70.9 Å². The molecule has 0 saturated heterocycles. The van der Waals surface area contributed by atoms with Crippen molar-refractivity contribution in [1.29, 1.82) is 0 Å². The van der Waals surface area contributed by atoms with Crippen molar-refractivity contribution in [3.8, 4) is 44.5 Å². The van der Waals surface area contributed by atoms with Gasteiger partial charge in [-0.05, 0) is 118 Å². The zero-order valence-electron chi connectivity index (χ0n) is 34.6.